The number of nitrogens with zero attached hydrogens (tertiary/aromatic N) is 2. The molecule has 0 radical (unpaired) electrons. The number of aromatic nitrogens is 1. The quantitative estimate of drug-likeness (QED) is 0.791. The van der Waals surface area contributed by atoms with Crippen molar-refractivity contribution in [3.05, 3.63) is 17.8 Å². The van der Waals surface area contributed by atoms with E-state index in [-0.39, 0.29) is 11.6 Å². The molecule has 1 aromatic rings. The summed E-state index contributed by atoms with van der Waals surface area (Å²) in [7, 11) is 3.37. The molecule has 0 bridgehead atoms. The van der Waals surface area contributed by atoms with Crippen molar-refractivity contribution >= 4 is 17.5 Å². The number of aromatic carboxylic acids is 1. The standard InChI is InChI=1S/C11H17N3O3/c1-7(6-17-3)14(2)10-9(11(15)16)4-8(12)5-13-10/h4-5,7H,6,12H2,1-3H3,(H,15,16). The predicted octanol–water partition coefficient (Wildman–Crippen LogP) is 0.833. The Morgan fingerprint density at radius 3 is 2.88 bits per heavy atom. The second-order valence-electron chi connectivity index (χ2n) is 3.86. The summed E-state index contributed by atoms with van der Waals surface area (Å²) >= 11 is 0. The number of nitrogen functional groups attached to an aromatic ring is 1. The third-order valence-electron chi connectivity index (χ3n) is 2.52. The van der Waals surface area contributed by atoms with Crippen molar-refractivity contribution in [3.8, 4) is 0 Å². The van der Waals surface area contributed by atoms with Crippen LogP contribution in [0.5, 0.6) is 0 Å². The number of hydrogen-bond acceptors (Lipinski definition) is 5. The summed E-state index contributed by atoms with van der Waals surface area (Å²) in [5, 5.41) is 9.10. The minimum atomic E-state index is -1.05. The maximum atomic E-state index is 11.1. The van der Waals surface area contributed by atoms with Crippen LogP contribution in [0.3, 0.4) is 0 Å². The van der Waals surface area contributed by atoms with E-state index in [1.165, 1.54) is 12.3 Å². The highest BCUT2D eigenvalue weighted by molar-refractivity contribution is 5.94. The third-order valence-corrected chi connectivity index (χ3v) is 2.52. The van der Waals surface area contributed by atoms with Crippen molar-refractivity contribution < 1.29 is 14.6 Å². The molecule has 3 N–H and O–H groups in total. The molecule has 1 unspecified atom stereocenters. The number of nitrogens with two attached hydrogens (primary N) is 1. The zero-order chi connectivity index (χ0) is 13.0. The Morgan fingerprint density at radius 2 is 2.35 bits per heavy atom. The number of anilines is 2. The molecule has 0 spiro atoms. The predicted molar refractivity (Wildman–Crippen MR) is 65.3 cm³/mol. The molecule has 0 fully saturated rings. The molecule has 6 heteroatoms. The highest BCUT2D eigenvalue weighted by Crippen LogP contribution is 2.20. The number of ether oxygens (including phenoxy) is 1. The fourth-order valence-electron chi connectivity index (χ4n) is 1.47. The fourth-order valence-corrected chi connectivity index (χ4v) is 1.47. The van der Waals surface area contributed by atoms with E-state index in [4.69, 9.17) is 15.6 Å². The average molecular weight is 239 g/mol. The smallest absolute Gasteiger partial charge is 0.339 e. The first-order chi connectivity index (χ1) is 7.97. The van der Waals surface area contributed by atoms with Crippen LogP contribution in [0.1, 0.15) is 17.3 Å². The second-order valence-corrected chi connectivity index (χ2v) is 3.86. The molecule has 0 aromatic carbocycles. The van der Waals surface area contributed by atoms with E-state index in [2.05, 4.69) is 4.98 Å². The molecule has 0 saturated heterocycles. The van der Waals surface area contributed by atoms with Crippen molar-refractivity contribution in [2.75, 3.05) is 31.4 Å². The lowest BCUT2D eigenvalue weighted by Gasteiger charge is -2.26. The van der Waals surface area contributed by atoms with Gasteiger partial charge in [0.25, 0.3) is 0 Å². The number of carboxylic acids is 1. The van der Waals surface area contributed by atoms with Gasteiger partial charge in [0.2, 0.25) is 0 Å². The molecular weight excluding hydrogens is 222 g/mol. The third kappa shape index (κ3) is 3.07. The topological polar surface area (TPSA) is 88.7 Å². The Kier molecular flexibility index (Phi) is 4.28. The molecule has 1 rings (SSSR count). The van der Waals surface area contributed by atoms with Crippen molar-refractivity contribution in [1.82, 2.24) is 4.98 Å². The summed E-state index contributed by atoms with van der Waals surface area (Å²) in [5.41, 5.74) is 5.96. The molecule has 1 atom stereocenters. The van der Waals surface area contributed by atoms with Crippen LogP contribution in [-0.4, -0.2) is 42.9 Å². The van der Waals surface area contributed by atoms with Crippen LogP contribution in [0.2, 0.25) is 0 Å². The van der Waals surface area contributed by atoms with Gasteiger partial charge < -0.3 is 20.5 Å². The van der Waals surface area contributed by atoms with Gasteiger partial charge >= 0.3 is 5.97 Å². The van der Waals surface area contributed by atoms with Crippen molar-refractivity contribution in [3.63, 3.8) is 0 Å². The van der Waals surface area contributed by atoms with Crippen LogP contribution in [0.15, 0.2) is 12.3 Å². The molecule has 1 aromatic heterocycles. The van der Waals surface area contributed by atoms with Gasteiger partial charge in [0.1, 0.15) is 11.4 Å². The van der Waals surface area contributed by atoms with Crippen molar-refractivity contribution in [1.29, 1.82) is 0 Å². The number of hydrogen-bond donors (Lipinski definition) is 2. The van der Waals surface area contributed by atoms with Gasteiger partial charge in [-0.1, -0.05) is 0 Å². The van der Waals surface area contributed by atoms with E-state index >= 15 is 0 Å². The van der Waals surface area contributed by atoms with Crippen LogP contribution >= 0.6 is 0 Å². The lowest BCUT2D eigenvalue weighted by Crippen LogP contribution is -2.34. The van der Waals surface area contributed by atoms with Crippen LogP contribution in [0, 0.1) is 0 Å². The zero-order valence-corrected chi connectivity index (χ0v) is 10.2. The molecule has 0 aliphatic carbocycles. The van der Waals surface area contributed by atoms with Gasteiger partial charge in [0.05, 0.1) is 24.5 Å². The number of methoxy groups -OCH3 is 1. The number of carbonyl (C=O) groups is 1. The zero-order valence-electron chi connectivity index (χ0n) is 10.2. The molecular formula is C11H17N3O3. The van der Waals surface area contributed by atoms with Crippen LogP contribution < -0.4 is 10.6 Å². The lowest BCUT2D eigenvalue weighted by molar-refractivity contribution is 0.0697. The van der Waals surface area contributed by atoms with Crippen LogP contribution in [0.25, 0.3) is 0 Å². The number of rotatable bonds is 5. The first kappa shape index (κ1) is 13.2. The van der Waals surface area contributed by atoms with Gasteiger partial charge in [-0.3, -0.25) is 0 Å². The Hall–Kier alpha value is -1.82. The highest BCUT2D eigenvalue weighted by Gasteiger charge is 2.19. The van der Waals surface area contributed by atoms with Gasteiger partial charge in [-0.05, 0) is 13.0 Å². The number of pyridine rings is 1. The van der Waals surface area contributed by atoms with E-state index in [1.54, 1.807) is 19.1 Å². The molecule has 1 heterocycles. The maximum Gasteiger partial charge on any atom is 0.339 e. The summed E-state index contributed by atoms with van der Waals surface area (Å²) in [5.74, 6) is -0.660. The first-order valence-corrected chi connectivity index (χ1v) is 5.18. The number of carboxylic acid groups (broad SMARTS) is 1. The Balaban J connectivity index is 3.08. The van der Waals surface area contributed by atoms with Gasteiger partial charge in [-0.2, -0.15) is 0 Å². The molecule has 17 heavy (non-hydrogen) atoms. The Morgan fingerprint density at radius 1 is 1.71 bits per heavy atom. The van der Waals surface area contributed by atoms with Crippen molar-refractivity contribution in [2.45, 2.75) is 13.0 Å². The molecule has 94 valence electrons. The van der Waals surface area contributed by atoms with E-state index < -0.39 is 5.97 Å². The highest BCUT2D eigenvalue weighted by atomic mass is 16.5. The largest absolute Gasteiger partial charge is 0.478 e. The van der Waals surface area contributed by atoms with E-state index in [0.29, 0.717) is 18.1 Å². The Labute approximate surface area is 100 Å². The molecule has 6 nitrogen and oxygen atoms in total. The monoisotopic (exact) mass is 239 g/mol. The van der Waals surface area contributed by atoms with Gasteiger partial charge in [0.15, 0.2) is 0 Å². The number of likely N-dealkylation sites (N-methyl/N-ethyl adjacent to an activating group) is 1. The summed E-state index contributed by atoms with van der Waals surface area (Å²) in [6, 6.07) is 1.43. The summed E-state index contributed by atoms with van der Waals surface area (Å²) in [6.45, 7) is 2.41. The second kappa shape index (κ2) is 5.49. The normalized spacial score (nSPS) is 12.2. The maximum absolute atomic E-state index is 11.1. The SMILES string of the molecule is COCC(C)N(C)c1ncc(N)cc1C(=O)O. The summed E-state index contributed by atoms with van der Waals surface area (Å²) in [6.07, 6.45) is 1.44. The Bertz CT molecular complexity index is 409. The van der Waals surface area contributed by atoms with E-state index in [9.17, 15) is 4.79 Å². The van der Waals surface area contributed by atoms with Gasteiger partial charge in [-0.25, -0.2) is 9.78 Å². The van der Waals surface area contributed by atoms with E-state index in [1.807, 2.05) is 6.92 Å². The molecule has 0 aliphatic heterocycles. The summed E-state index contributed by atoms with van der Waals surface area (Å²) in [4.78, 5) is 16.9. The first-order valence-electron chi connectivity index (χ1n) is 5.18. The molecule has 0 saturated carbocycles. The minimum Gasteiger partial charge on any atom is -0.478 e. The average Bonchev–Trinajstić information content (AvgIpc) is 2.28. The van der Waals surface area contributed by atoms with Crippen LogP contribution in [-0.2, 0) is 4.74 Å². The van der Waals surface area contributed by atoms with Crippen molar-refractivity contribution in [2.24, 2.45) is 0 Å². The molecule has 0 amide bonds. The van der Waals surface area contributed by atoms with Crippen LogP contribution in [0.4, 0.5) is 11.5 Å². The van der Waals surface area contributed by atoms with E-state index in [0.717, 1.165) is 0 Å². The molecule has 0 aliphatic rings. The summed E-state index contributed by atoms with van der Waals surface area (Å²) < 4.78 is 5.03. The minimum absolute atomic E-state index is 0.0224. The fraction of sp³-hybridized carbons (Fsp3) is 0.455. The van der Waals surface area contributed by atoms with Gasteiger partial charge in [0, 0.05) is 14.2 Å². The lowest BCUT2D eigenvalue weighted by atomic mass is 10.2. The van der Waals surface area contributed by atoms with Gasteiger partial charge in [-0.15, -0.1) is 0 Å².